The molecule has 2 aliphatic carbocycles. The Kier molecular flexibility index (Phi) is 3.77. The van der Waals surface area contributed by atoms with Crippen molar-refractivity contribution in [3.05, 3.63) is 29.8 Å². The number of hydrogen-bond donors (Lipinski definition) is 1. The number of para-hydroxylation sites is 1. The minimum atomic E-state index is -4.60. The van der Waals surface area contributed by atoms with Crippen LogP contribution < -0.4 is 5.32 Å². The Morgan fingerprint density at radius 1 is 1.28 bits per heavy atom. The second-order valence-corrected chi connectivity index (χ2v) is 7.30. The van der Waals surface area contributed by atoms with E-state index >= 15 is 0 Å². The van der Waals surface area contributed by atoms with Gasteiger partial charge in [0, 0.05) is 12.7 Å². The SMILES string of the molecule is CN1CC(C(=O)Nc2ccccc2C2CC2C2CC2)C(C(F)(F)F)=N1. The normalized spacial score (nSPS) is 28.7. The standard InChI is InChI=1S/C18H20F3N3O/c1-24-9-14(16(23-24)18(19,20)21)17(25)22-15-5-3-2-4-11(15)13-8-12(13)10-6-7-10/h2-5,10,12-14H,6-9H2,1H3,(H,22,25). The average molecular weight is 351 g/mol. The van der Waals surface area contributed by atoms with Crippen LogP contribution in [0.15, 0.2) is 29.4 Å². The molecule has 1 amide bonds. The minimum Gasteiger partial charge on any atom is -0.325 e. The highest BCUT2D eigenvalue weighted by Crippen LogP contribution is 2.60. The maximum absolute atomic E-state index is 13.1. The number of halogens is 3. The molecule has 2 saturated carbocycles. The Morgan fingerprint density at radius 3 is 2.68 bits per heavy atom. The van der Waals surface area contributed by atoms with Crippen LogP contribution in [0.1, 0.15) is 30.7 Å². The Labute approximate surface area is 144 Å². The summed E-state index contributed by atoms with van der Waals surface area (Å²) in [6.45, 7) is -0.0586. The monoisotopic (exact) mass is 351 g/mol. The third kappa shape index (κ3) is 3.24. The molecule has 4 rings (SSSR count). The summed E-state index contributed by atoms with van der Waals surface area (Å²) >= 11 is 0. The largest absolute Gasteiger partial charge is 0.432 e. The van der Waals surface area contributed by atoms with Gasteiger partial charge in [0.25, 0.3) is 0 Å². The number of rotatable bonds is 4. The van der Waals surface area contributed by atoms with Crippen LogP contribution in [0.4, 0.5) is 18.9 Å². The third-order valence-electron chi connectivity index (χ3n) is 5.35. The number of alkyl halides is 3. The van der Waals surface area contributed by atoms with Gasteiger partial charge in [0.05, 0.1) is 6.54 Å². The minimum absolute atomic E-state index is 0.0586. The first-order valence-corrected chi connectivity index (χ1v) is 8.61. The number of hydrazone groups is 1. The number of hydrogen-bond acceptors (Lipinski definition) is 3. The summed E-state index contributed by atoms with van der Waals surface area (Å²) in [5, 5.41) is 7.38. The first-order chi connectivity index (χ1) is 11.8. The van der Waals surface area contributed by atoms with Crippen LogP contribution in [-0.2, 0) is 4.79 Å². The summed E-state index contributed by atoms with van der Waals surface area (Å²) in [7, 11) is 1.44. The molecule has 0 aromatic heterocycles. The van der Waals surface area contributed by atoms with Crippen molar-refractivity contribution < 1.29 is 18.0 Å². The molecule has 2 fully saturated rings. The fourth-order valence-electron chi connectivity index (χ4n) is 3.88. The topological polar surface area (TPSA) is 44.7 Å². The average Bonchev–Trinajstić information content (AvgIpc) is 3.43. The lowest BCUT2D eigenvalue weighted by Gasteiger charge is -2.17. The highest BCUT2D eigenvalue weighted by atomic mass is 19.4. The summed E-state index contributed by atoms with van der Waals surface area (Å²) in [6.07, 6.45) is -0.941. The van der Waals surface area contributed by atoms with Crippen LogP contribution >= 0.6 is 0 Å². The maximum atomic E-state index is 13.1. The zero-order valence-electron chi connectivity index (χ0n) is 13.9. The van der Waals surface area contributed by atoms with E-state index in [2.05, 4.69) is 10.4 Å². The van der Waals surface area contributed by atoms with Crippen molar-refractivity contribution in [3.63, 3.8) is 0 Å². The van der Waals surface area contributed by atoms with E-state index in [9.17, 15) is 18.0 Å². The molecule has 0 spiro atoms. The smallest absolute Gasteiger partial charge is 0.325 e. The van der Waals surface area contributed by atoms with Crippen molar-refractivity contribution in [3.8, 4) is 0 Å². The van der Waals surface area contributed by atoms with Crippen molar-refractivity contribution in [1.82, 2.24) is 5.01 Å². The van der Waals surface area contributed by atoms with Gasteiger partial charge in [-0.25, -0.2) is 0 Å². The van der Waals surface area contributed by atoms with Crippen LogP contribution in [-0.4, -0.2) is 36.4 Å². The molecule has 7 heteroatoms. The van der Waals surface area contributed by atoms with Crippen LogP contribution in [0.3, 0.4) is 0 Å². The molecule has 4 nitrogen and oxygen atoms in total. The van der Waals surface area contributed by atoms with Gasteiger partial charge in [0.1, 0.15) is 5.92 Å². The van der Waals surface area contributed by atoms with Crippen LogP contribution in [0.2, 0.25) is 0 Å². The first kappa shape index (κ1) is 16.4. The molecular weight excluding hydrogens is 331 g/mol. The van der Waals surface area contributed by atoms with E-state index in [1.54, 1.807) is 12.1 Å². The van der Waals surface area contributed by atoms with Gasteiger partial charge in [-0.1, -0.05) is 18.2 Å². The van der Waals surface area contributed by atoms with Gasteiger partial charge in [-0.3, -0.25) is 9.80 Å². The highest BCUT2D eigenvalue weighted by Gasteiger charge is 2.50. The summed E-state index contributed by atoms with van der Waals surface area (Å²) in [5.74, 6) is -0.0526. The summed E-state index contributed by atoms with van der Waals surface area (Å²) in [4.78, 5) is 12.5. The van der Waals surface area contributed by atoms with Crippen molar-refractivity contribution in [2.75, 3.05) is 18.9 Å². The number of anilines is 1. The van der Waals surface area contributed by atoms with E-state index < -0.39 is 23.7 Å². The Hall–Kier alpha value is -2.05. The molecule has 134 valence electrons. The Morgan fingerprint density at radius 2 is 2.00 bits per heavy atom. The molecule has 1 aliphatic heterocycles. The van der Waals surface area contributed by atoms with Crippen molar-refractivity contribution in [2.24, 2.45) is 22.9 Å². The second kappa shape index (κ2) is 5.75. The lowest BCUT2D eigenvalue weighted by molar-refractivity contribution is -0.119. The van der Waals surface area contributed by atoms with Crippen LogP contribution in [0.25, 0.3) is 0 Å². The van der Waals surface area contributed by atoms with E-state index in [0.717, 1.165) is 17.9 Å². The molecule has 3 aliphatic rings. The summed E-state index contributed by atoms with van der Waals surface area (Å²) < 4.78 is 39.3. The summed E-state index contributed by atoms with van der Waals surface area (Å²) in [5.41, 5.74) is 0.661. The van der Waals surface area contributed by atoms with Crippen molar-refractivity contribution in [2.45, 2.75) is 31.4 Å². The zero-order valence-corrected chi connectivity index (χ0v) is 13.9. The molecule has 0 radical (unpaired) electrons. The summed E-state index contributed by atoms with van der Waals surface area (Å²) in [6, 6.07) is 7.47. The van der Waals surface area contributed by atoms with Gasteiger partial charge in [0.2, 0.25) is 5.91 Å². The number of nitrogens with zero attached hydrogens (tertiary/aromatic N) is 2. The van der Waals surface area contributed by atoms with E-state index in [0.29, 0.717) is 17.5 Å². The molecular formula is C18H20F3N3O. The predicted octanol–water partition coefficient (Wildman–Crippen LogP) is 3.62. The predicted molar refractivity (Wildman–Crippen MR) is 88.3 cm³/mol. The van der Waals surface area contributed by atoms with Gasteiger partial charge in [-0.05, 0) is 48.6 Å². The molecule has 1 N–H and O–H groups in total. The van der Waals surface area contributed by atoms with Crippen molar-refractivity contribution in [1.29, 1.82) is 0 Å². The number of carbonyl (C=O) groups excluding carboxylic acids is 1. The number of nitrogens with one attached hydrogen (secondary N) is 1. The highest BCUT2D eigenvalue weighted by molar-refractivity contribution is 6.12. The van der Waals surface area contributed by atoms with Gasteiger partial charge in [0.15, 0.2) is 5.71 Å². The first-order valence-electron chi connectivity index (χ1n) is 8.61. The van der Waals surface area contributed by atoms with Crippen LogP contribution in [0, 0.1) is 17.8 Å². The molecule has 1 heterocycles. The van der Waals surface area contributed by atoms with Crippen molar-refractivity contribution >= 4 is 17.3 Å². The van der Waals surface area contributed by atoms with E-state index in [1.807, 2.05) is 12.1 Å². The van der Waals surface area contributed by atoms with Gasteiger partial charge in [-0.2, -0.15) is 18.3 Å². The van der Waals surface area contributed by atoms with E-state index in [-0.39, 0.29) is 6.54 Å². The molecule has 1 aromatic carbocycles. The number of amides is 1. The number of benzene rings is 1. The fraction of sp³-hybridized carbons (Fsp3) is 0.556. The van der Waals surface area contributed by atoms with E-state index in [1.165, 1.54) is 24.9 Å². The molecule has 3 atom stereocenters. The molecule has 0 bridgehead atoms. The Bertz CT molecular complexity index is 727. The van der Waals surface area contributed by atoms with Gasteiger partial charge >= 0.3 is 6.18 Å². The lowest BCUT2D eigenvalue weighted by Crippen LogP contribution is -2.38. The quantitative estimate of drug-likeness (QED) is 0.900. The van der Waals surface area contributed by atoms with Gasteiger partial charge < -0.3 is 5.32 Å². The zero-order chi connectivity index (χ0) is 17.8. The lowest BCUT2D eigenvalue weighted by atomic mass is 10.0. The molecule has 3 unspecified atom stereocenters. The Balaban J connectivity index is 1.51. The molecule has 1 aromatic rings. The number of carbonyl (C=O) groups is 1. The van der Waals surface area contributed by atoms with Crippen LogP contribution in [0.5, 0.6) is 0 Å². The fourth-order valence-corrected chi connectivity index (χ4v) is 3.88. The van der Waals surface area contributed by atoms with E-state index in [4.69, 9.17) is 0 Å². The second-order valence-electron chi connectivity index (χ2n) is 7.30. The molecule has 25 heavy (non-hydrogen) atoms. The maximum Gasteiger partial charge on any atom is 0.432 e. The molecule has 0 saturated heterocycles. The van der Waals surface area contributed by atoms with Gasteiger partial charge in [-0.15, -0.1) is 0 Å². The third-order valence-corrected chi connectivity index (χ3v) is 5.35.